The van der Waals surface area contributed by atoms with Gasteiger partial charge in [0.05, 0.1) is 24.1 Å². The highest BCUT2D eigenvalue weighted by Gasteiger charge is 2.12. The summed E-state index contributed by atoms with van der Waals surface area (Å²) in [7, 11) is 1.64. The predicted octanol–water partition coefficient (Wildman–Crippen LogP) is 3.18. The van der Waals surface area contributed by atoms with Crippen molar-refractivity contribution in [2.75, 3.05) is 33.5 Å². The molecule has 30 heavy (non-hydrogen) atoms. The summed E-state index contributed by atoms with van der Waals surface area (Å²) in [5.41, 5.74) is 0.436. The number of hydrogen-bond acceptors (Lipinski definition) is 6. The minimum Gasteiger partial charge on any atom is -0.490 e. The van der Waals surface area contributed by atoms with Crippen LogP contribution >= 0.6 is 12.2 Å². The van der Waals surface area contributed by atoms with Crippen molar-refractivity contribution in [2.45, 2.75) is 46.1 Å². The molecule has 0 aliphatic carbocycles. The molecule has 2 N–H and O–H groups in total. The Balaban J connectivity index is 2.07. The fourth-order valence-corrected chi connectivity index (χ4v) is 3.37. The standard InChI is InChI=1S/C21H31N3O5S/c1-4-28-17-13-15-16(14-18(17)29-5-2)23-21(30)24(20(15)26)11-7-6-9-19(25)22-10-8-12-27-3/h13-14H,4-12H2,1-3H3,(H,22,25)(H,23,30). The number of hydrogen-bond donors (Lipinski definition) is 2. The lowest BCUT2D eigenvalue weighted by Gasteiger charge is -2.13. The number of unbranched alkanes of at least 4 members (excludes halogenated alkanes) is 1. The van der Waals surface area contributed by atoms with Crippen LogP contribution in [-0.2, 0) is 16.1 Å². The first-order valence-electron chi connectivity index (χ1n) is 10.3. The van der Waals surface area contributed by atoms with E-state index < -0.39 is 0 Å². The van der Waals surface area contributed by atoms with Crippen LogP contribution in [0.15, 0.2) is 16.9 Å². The van der Waals surface area contributed by atoms with E-state index in [9.17, 15) is 9.59 Å². The highest BCUT2D eigenvalue weighted by molar-refractivity contribution is 7.71. The first-order valence-corrected chi connectivity index (χ1v) is 10.7. The van der Waals surface area contributed by atoms with Crippen LogP contribution in [0, 0.1) is 4.77 Å². The second-order valence-corrected chi connectivity index (χ2v) is 7.14. The van der Waals surface area contributed by atoms with Crippen molar-refractivity contribution < 1.29 is 19.0 Å². The van der Waals surface area contributed by atoms with Gasteiger partial charge in [0, 0.05) is 39.3 Å². The maximum atomic E-state index is 13.0. The zero-order chi connectivity index (χ0) is 21.9. The van der Waals surface area contributed by atoms with Crippen LogP contribution in [0.2, 0.25) is 0 Å². The molecule has 8 nitrogen and oxygen atoms in total. The smallest absolute Gasteiger partial charge is 0.262 e. The summed E-state index contributed by atoms with van der Waals surface area (Å²) < 4.78 is 18.1. The molecular weight excluding hydrogens is 406 g/mol. The fourth-order valence-electron chi connectivity index (χ4n) is 3.09. The average Bonchev–Trinajstić information content (AvgIpc) is 2.72. The van der Waals surface area contributed by atoms with Crippen molar-refractivity contribution in [3.05, 3.63) is 27.3 Å². The molecule has 0 unspecified atom stereocenters. The van der Waals surface area contributed by atoms with Gasteiger partial charge in [-0.25, -0.2) is 0 Å². The Morgan fingerprint density at radius 3 is 2.50 bits per heavy atom. The van der Waals surface area contributed by atoms with E-state index in [2.05, 4.69) is 10.3 Å². The number of aromatic amines is 1. The average molecular weight is 438 g/mol. The molecule has 2 aromatic rings. The van der Waals surface area contributed by atoms with Crippen molar-refractivity contribution in [1.29, 1.82) is 0 Å². The number of rotatable bonds is 13. The third kappa shape index (κ3) is 6.56. The zero-order valence-corrected chi connectivity index (χ0v) is 18.7. The summed E-state index contributed by atoms with van der Waals surface area (Å²) in [6, 6.07) is 3.45. The van der Waals surface area contributed by atoms with Crippen molar-refractivity contribution >= 4 is 29.0 Å². The first kappa shape index (κ1) is 23.9. The fraction of sp³-hybridized carbons (Fsp3) is 0.571. The van der Waals surface area contributed by atoms with Crippen LogP contribution in [0.1, 0.15) is 39.5 Å². The van der Waals surface area contributed by atoms with Gasteiger partial charge in [-0.1, -0.05) is 0 Å². The minimum atomic E-state index is -0.179. The zero-order valence-electron chi connectivity index (χ0n) is 17.9. The van der Waals surface area contributed by atoms with E-state index in [1.54, 1.807) is 19.2 Å². The van der Waals surface area contributed by atoms with Crippen LogP contribution in [0.3, 0.4) is 0 Å². The van der Waals surface area contributed by atoms with E-state index >= 15 is 0 Å². The Kier molecular flexibility index (Phi) is 9.82. The molecule has 0 saturated heterocycles. The number of carbonyl (C=O) groups is 1. The summed E-state index contributed by atoms with van der Waals surface area (Å²) in [5.74, 6) is 1.12. The molecule has 0 atom stereocenters. The normalized spacial score (nSPS) is 10.9. The van der Waals surface area contributed by atoms with Gasteiger partial charge in [-0.15, -0.1) is 0 Å². The molecule has 0 saturated carbocycles. The minimum absolute atomic E-state index is 0.00642. The first-order chi connectivity index (χ1) is 14.5. The van der Waals surface area contributed by atoms with Crippen LogP contribution in [-0.4, -0.2) is 48.9 Å². The number of benzene rings is 1. The van der Waals surface area contributed by atoms with Gasteiger partial charge < -0.3 is 24.5 Å². The Hall–Kier alpha value is -2.39. The monoisotopic (exact) mass is 437 g/mol. The van der Waals surface area contributed by atoms with Gasteiger partial charge in [0.15, 0.2) is 16.3 Å². The van der Waals surface area contributed by atoms with Gasteiger partial charge >= 0.3 is 0 Å². The number of amides is 1. The molecule has 0 radical (unpaired) electrons. The molecule has 2 rings (SSSR count). The molecule has 166 valence electrons. The number of aromatic nitrogens is 2. The molecule has 1 aromatic heterocycles. The van der Waals surface area contributed by atoms with E-state index in [-0.39, 0.29) is 11.5 Å². The van der Waals surface area contributed by atoms with Crippen molar-refractivity contribution in [2.24, 2.45) is 0 Å². The van der Waals surface area contributed by atoms with Crippen molar-refractivity contribution in [1.82, 2.24) is 14.9 Å². The molecule has 0 bridgehead atoms. The lowest BCUT2D eigenvalue weighted by Crippen LogP contribution is -2.25. The summed E-state index contributed by atoms with van der Waals surface area (Å²) >= 11 is 5.39. The van der Waals surface area contributed by atoms with Gasteiger partial charge in [-0.3, -0.25) is 14.2 Å². The molecule has 0 spiro atoms. The third-order valence-corrected chi connectivity index (χ3v) is 4.85. The van der Waals surface area contributed by atoms with E-state index in [4.69, 9.17) is 26.4 Å². The maximum Gasteiger partial charge on any atom is 0.262 e. The Morgan fingerprint density at radius 1 is 1.13 bits per heavy atom. The second kappa shape index (κ2) is 12.3. The number of nitrogens with zero attached hydrogens (tertiary/aromatic N) is 1. The van der Waals surface area contributed by atoms with Crippen LogP contribution in [0.4, 0.5) is 0 Å². The van der Waals surface area contributed by atoms with Crippen LogP contribution < -0.4 is 20.3 Å². The number of nitrogens with one attached hydrogen (secondary N) is 2. The van der Waals surface area contributed by atoms with E-state index in [1.807, 2.05) is 13.8 Å². The highest BCUT2D eigenvalue weighted by atomic mass is 32.1. The number of ether oxygens (including phenoxy) is 3. The van der Waals surface area contributed by atoms with E-state index in [1.165, 1.54) is 4.57 Å². The Morgan fingerprint density at radius 2 is 1.83 bits per heavy atom. The summed E-state index contributed by atoms with van der Waals surface area (Å²) in [6.07, 6.45) is 2.54. The van der Waals surface area contributed by atoms with Crippen molar-refractivity contribution in [3.63, 3.8) is 0 Å². The van der Waals surface area contributed by atoms with Crippen LogP contribution in [0.25, 0.3) is 10.9 Å². The lowest BCUT2D eigenvalue weighted by atomic mass is 10.2. The lowest BCUT2D eigenvalue weighted by molar-refractivity contribution is -0.121. The van der Waals surface area contributed by atoms with Crippen molar-refractivity contribution in [3.8, 4) is 11.5 Å². The van der Waals surface area contributed by atoms with E-state index in [0.29, 0.717) is 79.3 Å². The quantitative estimate of drug-likeness (QED) is 0.369. The SMILES string of the molecule is CCOc1cc2[nH]c(=S)n(CCCCC(=O)NCCCOC)c(=O)c2cc1OCC. The van der Waals surface area contributed by atoms with E-state index in [0.717, 1.165) is 6.42 Å². The maximum absolute atomic E-state index is 13.0. The highest BCUT2D eigenvalue weighted by Crippen LogP contribution is 2.30. The van der Waals surface area contributed by atoms with Gasteiger partial charge in [0.25, 0.3) is 5.56 Å². The number of fused-ring (bicyclic) bond motifs is 1. The number of H-pyrrole nitrogens is 1. The molecular formula is C21H31N3O5S. The van der Waals surface area contributed by atoms with Crippen LogP contribution in [0.5, 0.6) is 11.5 Å². The molecule has 1 aromatic carbocycles. The third-order valence-electron chi connectivity index (χ3n) is 4.53. The molecule has 0 fully saturated rings. The number of carbonyl (C=O) groups excluding carboxylic acids is 1. The topological polar surface area (TPSA) is 94.6 Å². The number of methoxy groups -OCH3 is 1. The second-order valence-electron chi connectivity index (χ2n) is 6.75. The summed E-state index contributed by atoms with van der Waals surface area (Å²) in [4.78, 5) is 27.9. The summed E-state index contributed by atoms with van der Waals surface area (Å²) in [6.45, 7) is 6.40. The van der Waals surface area contributed by atoms with Gasteiger partial charge in [-0.05, 0) is 51.4 Å². The Bertz CT molecular complexity index is 954. The summed E-state index contributed by atoms with van der Waals surface area (Å²) in [5, 5.41) is 3.35. The van der Waals surface area contributed by atoms with Gasteiger partial charge in [0.2, 0.25) is 5.91 Å². The molecule has 9 heteroatoms. The molecule has 1 heterocycles. The van der Waals surface area contributed by atoms with Gasteiger partial charge in [-0.2, -0.15) is 0 Å². The largest absolute Gasteiger partial charge is 0.490 e. The molecule has 0 aliphatic heterocycles. The Labute approximate surface area is 181 Å². The predicted molar refractivity (Wildman–Crippen MR) is 119 cm³/mol. The van der Waals surface area contributed by atoms with Gasteiger partial charge in [0.1, 0.15) is 0 Å². The molecule has 0 aliphatic rings. The molecule has 1 amide bonds.